The summed E-state index contributed by atoms with van der Waals surface area (Å²) in [5, 5.41) is 0. The summed E-state index contributed by atoms with van der Waals surface area (Å²) in [6.07, 6.45) is 2.30. The molecule has 1 aliphatic rings. The Hall–Kier alpha value is -0.940. The van der Waals surface area contributed by atoms with Crippen molar-refractivity contribution in [3.05, 3.63) is 35.6 Å². The van der Waals surface area contributed by atoms with Gasteiger partial charge in [0.25, 0.3) is 0 Å². The number of sulfonamides is 1. The third kappa shape index (κ3) is 2.72. The number of rotatable bonds is 4. The van der Waals surface area contributed by atoms with Crippen LogP contribution in [0.3, 0.4) is 0 Å². The third-order valence-electron chi connectivity index (χ3n) is 3.28. The molecule has 0 saturated carbocycles. The average molecular weight is 271 g/mol. The first-order chi connectivity index (χ1) is 8.54. The van der Waals surface area contributed by atoms with Crippen molar-refractivity contribution in [3.63, 3.8) is 0 Å². The van der Waals surface area contributed by atoms with Crippen molar-refractivity contribution < 1.29 is 12.8 Å². The van der Waals surface area contributed by atoms with Crippen LogP contribution in [-0.4, -0.2) is 25.0 Å². The van der Waals surface area contributed by atoms with Gasteiger partial charge >= 0.3 is 0 Å². The molecule has 0 aromatic heterocycles. The molecule has 0 N–H and O–H groups in total. The second-order valence-corrected chi connectivity index (χ2v) is 6.68. The minimum absolute atomic E-state index is 0.123. The maximum absolute atomic E-state index is 12.9. The lowest BCUT2D eigenvalue weighted by atomic mass is 10.1. The van der Waals surface area contributed by atoms with Crippen LogP contribution in [0.25, 0.3) is 0 Å². The van der Waals surface area contributed by atoms with Crippen molar-refractivity contribution in [2.24, 2.45) is 0 Å². The van der Waals surface area contributed by atoms with Crippen LogP contribution < -0.4 is 0 Å². The minimum atomic E-state index is -3.18. The van der Waals surface area contributed by atoms with E-state index in [0.29, 0.717) is 13.0 Å². The van der Waals surface area contributed by atoms with Crippen LogP contribution in [0, 0.1) is 5.82 Å². The Balaban J connectivity index is 2.25. The van der Waals surface area contributed by atoms with Gasteiger partial charge in [-0.25, -0.2) is 12.8 Å². The summed E-state index contributed by atoms with van der Waals surface area (Å²) in [7, 11) is -3.18. The van der Waals surface area contributed by atoms with Gasteiger partial charge in [-0.1, -0.05) is 19.1 Å². The van der Waals surface area contributed by atoms with Crippen LogP contribution in [0.4, 0.5) is 4.39 Å². The molecule has 0 radical (unpaired) electrons. The lowest BCUT2D eigenvalue weighted by Gasteiger charge is -2.24. The maximum Gasteiger partial charge on any atom is 0.214 e. The summed E-state index contributed by atoms with van der Waals surface area (Å²) in [5.74, 6) is -0.107. The Bertz CT molecular complexity index is 498. The van der Waals surface area contributed by atoms with Gasteiger partial charge in [0.05, 0.1) is 5.75 Å². The van der Waals surface area contributed by atoms with E-state index in [1.165, 1.54) is 12.1 Å². The zero-order valence-electron chi connectivity index (χ0n) is 10.5. The van der Waals surface area contributed by atoms with Crippen molar-refractivity contribution in [3.8, 4) is 0 Å². The fourth-order valence-electron chi connectivity index (χ4n) is 2.47. The van der Waals surface area contributed by atoms with Crippen LogP contribution in [-0.2, 0) is 10.0 Å². The van der Waals surface area contributed by atoms with Gasteiger partial charge in [0.1, 0.15) is 5.82 Å². The third-order valence-corrected chi connectivity index (χ3v) is 5.35. The summed E-state index contributed by atoms with van der Waals surface area (Å²) in [6, 6.07) is 6.01. The van der Waals surface area contributed by atoms with Crippen LogP contribution in [0.2, 0.25) is 0 Å². The standard InChI is InChI=1S/C13H18FNO2S/c1-2-10-18(16,17)15-9-3-4-13(15)11-5-7-12(14)8-6-11/h5-8,13H,2-4,9-10H2,1H3/t13-/m1/s1. The summed E-state index contributed by atoms with van der Waals surface area (Å²) < 4.78 is 38.7. The zero-order chi connectivity index (χ0) is 13.2. The second kappa shape index (κ2) is 5.36. The average Bonchev–Trinajstić information content (AvgIpc) is 2.79. The van der Waals surface area contributed by atoms with Crippen LogP contribution in [0.15, 0.2) is 24.3 Å². The van der Waals surface area contributed by atoms with E-state index in [1.54, 1.807) is 16.4 Å². The predicted molar refractivity (Wildman–Crippen MR) is 69.2 cm³/mol. The highest BCUT2D eigenvalue weighted by atomic mass is 32.2. The van der Waals surface area contributed by atoms with Gasteiger partial charge in [0, 0.05) is 12.6 Å². The van der Waals surface area contributed by atoms with Gasteiger partial charge in [-0.15, -0.1) is 0 Å². The lowest BCUT2D eigenvalue weighted by molar-refractivity contribution is 0.396. The van der Waals surface area contributed by atoms with E-state index in [1.807, 2.05) is 6.92 Å². The molecule has 0 aliphatic carbocycles. The molecule has 1 aliphatic heterocycles. The Morgan fingerprint density at radius 1 is 1.33 bits per heavy atom. The SMILES string of the molecule is CCCS(=O)(=O)N1CCC[C@@H]1c1ccc(F)cc1. The molecule has 5 heteroatoms. The van der Waals surface area contributed by atoms with E-state index in [4.69, 9.17) is 0 Å². The van der Waals surface area contributed by atoms with Gasteiger partial charge in [-0.05, 0) is 37.0 Å². The number of nitrogens with zero attached hydrogens (tertiary/aromatic N) is 1. The Morgan fingerprint density at radius 3 is 2.61 bits per heavy atom. The molecule has 1 heterocycles. The molecule has 0 bridgehead atoms. The van der Waals surface area contributed by atoms with Crippen molar-refractivity contribution in [2.75, 3.05) is 12.3 Å². The molecule has 1 aromatic carbocycles. The van der Waals surface area contributed by atoms with E-state index in [0.717, 1.165) is 18.4 Å². The van der Waals surface area contributed by atoms with Gasteiger partial charge in [0.15, 0.2) is 0 Å². The topological polar surface area (TPSA) is 37.4 Å². The van der Waals surface area contributed by atoms with Crippen molar-refractivity contribution in [1.82, 2.24) is 4.31 Å². The fraction of sp³-hybridized carbons (Fsp3) is 0.538. The first-order valence-electron chi connectivity index (χ1n) is 6.29. The lowest BCUT2D eigenvalue weighted by Crippen LogP contribution is -2.32. The Morgan fingerprint density at radius 2 is 2.00 bits per heavy atom. The first-order valence-corrected chi connectivity index (χ1v) is 7.90. The normalized spacial score (nSPS) is 21.3. The molecule has 18 heavy (non-hydrogen) atoms. The van der Waals surface area contributed by atoms with E-state index in [-0.39, 0.29) is 17.6 Å². The molecule has 3 nitrogen and oxygen atoms in total. The predicted octanol–water partition coefficient (Wildman–Crippen LogP) is 2.70. The number of halogens is 1. The maximum atomic E-state index is 12.9. The van der Waals surface area contributed by atoms with E-state index in [2.05, 4.69) is 0 Å². The monoisotopic (exact) mass is 271 g/mol. The largest absolute Gasteiger partial charge is 0.214 e. The van der Waals surface area contributed by atoms with Crippen LogP contribution in [0.5, 0.6) is 0 Å². The molecule has 0 spiro atoms. The van der Waals surface area contributed by atoms with Crippen molar-refractivity contribution in [1.29, 1.82) is 0 Å². The van der Waals surface area contributed by atoms with Gasteiger partial charge < -0.3 is 0 Å². The summed E-state index contributed by atoms with van der Waals surface area (Å²) >= 11 is 0. The molecular formula is C13H18FNO2S. The van der Waals surface area contributed by atoms with Crippen LogP contribution >= 0.6 is 0 Å². The van der Waals surface area contributed by atoms with Crippen LogP contribution in [0.1, 0.15) is 37.8 Å². The summed E-state index contributed by atoms with van der Waals surface area (Å²) in [4.78, 5) is 0. The number of benzene rings is 1. The van der Waals surface area contributed by atoms with E-state index in [9.17, 15) is 12.8 Å². The van der Waals surface area contributed by atoms with E-state index < -0.39 is 10.0 Å². The first kappa shape index (κ1) is 13.5. The van der Waals surface area contributed by atoms with E-state index >= 15 is 0 Å². The summed E-state index contributed by atoms with van der Waals surface area (Å²) in [6.45, 7) is 2.44. The highest BCUT2D eigenvalue weighted by Crippen LogP contribution is 2.34. The van der Waals surface area contributed by atoms with Crippen molar-refractivity contribution in [2.45, 2.75) is 32.2 Å². The van der Waals surface area contributed by atoms with Crippen molar-refractivity contribution >= 4 is 10.0 Å². The molecule has 0 unspecified atom stereocenters. The molecular weight excluding hydrogens is 253 g/mol. The fourth-order valence-corrected chi connectivity index (χ4v) is 4.24. The zero-order valence-corrected chi connectivity index (χ0v) is 11.3. The Kier molecular flexibility index (Phi) is 4.02. The molecule has 100 valence electrons. The number of hydrogen-bond acceptors (Lipinski definition) is 2. The van der Waals surface area contributed by atoms with Gasteiger partial charge in [0.2, 0.25) is 10.0 Å². The molecule has 0 amide bonds. The Labute approximate surface area is 108 Å². The van der Waals surface area contributed by atoms with Gasteiger partial charge in [-0.2, -0.15) is 4.31 Å². The highest BCUT2D eigenvalue weighted by Gasteiger charge is 2.34. The quantitative estimate of drug-likeness (QED) is 0.844. The molecule has 1 atom stereocenters. The number of hydrogen-bond donors (Lipinski definition) is 0. The molecule has 1 saturated heterocycles. The minimum Gasteiger partial charge on any atom is -0.212 e. The molecule has 2 rings (SSSR count). The molecule has 1 aromatic rings. The highest BCUT2D eigenvalue weighted by molar-refractivity contribution is 7.89. The molecule has 1 fully saturated rings. The second-order valence-electron chi connectivity index (χ2n) is 4.64. The summed E-state index contributed by atoms with van der Waals surface area (Å²) in [5.41, 5.74) is 0.883. The smallest absolute Gasteiger partial charge is 0.212 e. The van der Waals surface area contributed by atoms with Gasteiger partial charge in [-0.3, -0.25) is 0 Å².